The van der Waals surface area contributed by atoms with Gasteiger partial charge in [0.05, 0.1) is 11.1 Å². The molecule has 0 aliphatic carbocycles. The summed E-state index contributed by atoms with van der Waals surface area (Å²) in [5.74, 6) is -0.340. The van der Waals surface area contributed by atoms with E-state index in [9.17, 15) is 44.3 Å². The van der Waals surface area contributed by atoms with Gasteiger partial charge in [-0.15, -0.1) is 0 Å². The third-order valence-corrected chi connectivity index (χ3v) is 6.05. The molecule has 1 heterocycles. The summed E-state index contributed by atoms with van der Waals surface area (Å²) in [4.78, 5) is 18.2. The van der Waals surface area contributed by atoms with Crippen molar-refractivity contribution in [3.8, 4) is 0 Å². The number of carbonyl (C=O) groups excluding carboxylic acids is 1. The third kappa shape index (κ3) is 8.90. The molecule has 1 amide bonds. The molecule has 1 fully saturated rings. The predicted octanol–water partition coefficient (Wildman–Crippen LogP) is 5.89. The van der Waals surface area contributed by atoms with Crippen LogP contribution in [0.4, 0.5) is 39.5 Å². The standard InChI is InChI=1S/C24H26F7N3O.CH2F2/c1-32(8-7-17-13-19(23(26,27)28)15-20(14-17)24(29,30)31)22(35)21(18-5-3-2-4-6-18)34-11-9-33(16-25)10-12-34;2-1-3/h2-6,13-15,21H,7-12,16H2,1H3;1H2. The fraction of sp³-hybridized carbons (Fsp3) is 0.480. The van der Waals surface area contributed by atoms with Crippen molar-refractivity contribution in [2.24, 2.45) is 0 Å². The first-order valence-corrected chi connectivity index (χ1v) is 11.5. The Kier molecular flexibility index (Phi) is 11.4. The molecule has 2 aromatic carbocycles. The van der Waals surface area contributed by atoms with E-state index in [2.05, 4.69) is 0 Å². The second kappa shape index (κ2) is 13.8. The van der Waals surface area contributed by atoms with E-state index in [1.807, 2.05) is 4.90 Å². The van der Waals surface area contributed by atoms with Gasteiger partial charge in [0.15, 0.2) is 0 Å². The van der Waals surface area contributed by atoms with Crippen LogP contribution in [0.2, 0.25) is 0 Å². The average molecular weight is 558 g/mol. The Hall–Kier alpha value is -2.80. The Morgan fingerprint density at radius 1 is 0.868 bits per heavy atom. The summed E-state index contributed by atoms with van der Waals surface area (Å²) in [6.07, 6.45) is -10.1. The maximum absolute atomic E-state index is 13.4. The van der Waals surface area contributed by atoms with Crippen LogP contribution in [0.15, 0.2) is 48.5 Å². The number of rotatable bonds is 7. The topological polar surface area (TPSA) is 26.8 Å². The van der Waals surface area contributed by atoms with Crippen molar-refractivity contribution in [3.05, 3.63) is 70.8 Å². The second-order valence-corrected chi connectivity index (χ2v) is 8.61. The largest absolute Gasteiger partial charge is 0.416 e. The van der Waals surface area contributed by atoms with Crippen LogP contribution < -0.4 is 0 Å². The van der Waals surface area contributed by atoms with Crippen LogP contribution in [0, 0.1) is 0 Å². The molecule has 0 bridgehead atoms. The molecule has 1 atom stereocenters. The highest BCUT2D eigenvalue weighted by Gasteiger charge is 2.37. The molecule has 1 saturated heterocycles. The van der Waals surface area contributed by atoms with Gasteiger partial charge in [-0.2, -0.15) is 26.3 Å². The number of hydrogen-bond acceptors (Lipinski definition) is 3. The van der Waals surface area contributed by atoms with Gasteiger partial charge >= 0.3 is 12.4 Å². The SMILES string of the molecule is CN(CCc1cc(C(F)(F)F)cc(C(F)(F)F)c1)C(=O)C(c1ccccc1)N1CCN(CF)CC1.FCF. The Morgan fingerprint density at radius 3 is 1.82 bits per heavy atom. The molecule has 0 saturated carbocycles. The first-order chi connectivity index (χ1) is 17.8. The van der Waals surface area contributed by atoms with Crippen LogP contribution in [0.1, 0.15) is 28.3 Å². The van der Waals surface area contributed by atoms with Crippen molar-refractivity contribution in [1.29, 1.82) is 0 Å². The molecule has 0 aromatic heterocycles. The van der Waals surface area contributed by atoms with Crippen LogP contribution >= 0.6 is 0 Å². The Balaban J connectivity index is 0.00000161. The minimum atomic E-state index is -4.93. The molecular formula is C25H28F9N3O. The third-order valence-electron chi connectivity index (χ3n) is 6.05. The van der Waals surface area contributed by atoms with Crippen molar-refractivity contribution in [3.63, 3.8) is 0 Å². The molecule has 4 nitrogen and oxygen atoms in total. The summed E-state index contributed by atoms with van der Waals surface area (Å²) in [5.41, 5.74) is -2.23. The number of alkyl halides is 9. The second-order valence-electron chi connectivity index (χ2n) is 8.61. The zero-order chi connectivity index (χ0) is 28.5. The molecule has 212 valence electrons. The lowest BCUT2D eigenvalue weighted by Gasteiger charge is -2.39. The summed E-state index contributed by atoms with van der Waals surface area (Å²) in [6, 6.07) is 9.64. The first kappa shape index (κ1) is 31.4. The van der Waals surface area contributed by atoms with E-state index in [4.69, 9.17) is 0 Å². The van der Waals surface area contributed by atoms with E-state index in [1.54, 1.807) is 35.2 Å². The molecule has 38 heavy (non-hydrogen) atoms. The Labute approximate surface area is 214 Å². The fourth-order valence-corrected chi connectivity index (χ4v) is 4.07. The quantitative estimate of drug-likeness (QED) is 0.314. The number of halogens is 9. The van der Waals surface area contributed by atoms with E-state index >= 15 is 0 Å². The normalized spacial score (nSPS) is 15.9. The minimum Gasteiger partial charge on any atom is -0.344 e. The van der Waals surface area contributed by atoms with Gasteiger partial charge in [-0.05, 0) is 35.7 Å². The van der Waals surface area contributed by atoms with Gasteiger partial charge in [0.2, 0.25) is 12.8 Å². The van der Waals surface area contributed by atoms with Crippen LogP contribution in [-0.4, -0.2) is 74.1 Å². The van der Waals surface area contributed by atoms with Crippen LogP contribution in [0.3, 0.4) is 0 Å². The molecule has 3 rings (SSSR count). The van der Waals surface area contributed by atoms with E-state index in [-0.39, 0.29) is 30.5 Å². The van der Waals surface area contributed by atoms with Crippen LogP contribution in [0.5, 0.6) is 0 Å². The summed E-state index contributed by atoms with van der Waals surface area (Å²) < 4.78 is 111. The predicted molar refractivity (Wildman–Crippen MR) is 123 cm³/mol. The zero-order valence-corrected chi connectivity index (χ0v) is 20.5. The molecule has 0 spiro atoms. The molecule has 1 unspecified atom stereocenters. The lowest BCUT2D eigenvalue weighted by molar-refractivity contribution is -0.143. The number of benzene rings is 2. The zero-order valence-electron chi connectivity index (χ0n) is 20.5. The van der Waals surface area contributed by atoms with Crippen molar-refractivity contribution < 1.29 is 44.3 Å². The summed E-state index contributed by atoms with van der Waals surface area (Å²) in [7, 11) is 1.47. The molecule has 0 N–H and O–H groups in total. The lowest BCUT2D eigenvalue weighted by Crippen LogP contribution is -2.51. The smallest absolute Gasteiger partial charge is 0.344 e. The lowest BCUT2D eigenvalue weighted by atomic mass is 10.0. The van der Waals surface area contributed by atoms with Gasteiger partial charge in [-0.3, -0.25) is 14.6 Å². The van der Waals surface area contributed by atoms with Gasteiger partial charge in [0.1, 0.15) is 12.8 Å². The molecule has 0 radical (unpaired) electrons. The summed E-state index contributed by atoms with van der Waals surface area (Å²) in [5, 5.41) is 0. The summed E-state index contributed by atoms with van der Waals surface area (Å²) in [6.45, 7) is -0.681. The summed E-state index contributed by atoms with van der Waals surface area (Å²) >= 11 is 0. The molecule has 13 heteroatoms. The van der Waals surface area contributed by atoms with Crippen molar-refractivity contribution >= 4 is 5.91 Å². The molecular weight excluding hydrogens is 529 g/mol. The van der Waals surface area contributed by atoms with Crippen molar-refractivity contribution in [1.82, 2.24) is 14.7 Å². The minimum absolute atomic E-state index is 0.0782. The van der Waals surface area contributed by atoms with Crippen LogP contribution in [-0.2, 0) is 23.6 Å². The fourth-order valence-electron chi connectivity index (χ4n) is 4.07. The highest BCUT2D eigenvalue weighted by atomic mass is 19.4. The number of likely N-dealkylation sites (N-methyl/N-ethyl adjacent to an activating group) is 1. The van der Waals surface area contributed by atoms with E-state index < -0.39 is 43.2 Å². The van der Waals surface area contributed by atoms with Gasteiger partial charge in [0.25, 0.3) is 0 Å². The Morgan fingerprint density at radius 2 is 1.37 bits per heavy atom. The van der Waals surface area contributed by atoms with Gasteiger partial charge < -0.3 is 4.90 Å². The number of amides is 1. The maximum Gasteiger partial charge on any atom is 0.416 e. The molecule has 1 aliphatic heterocycles. The first-order valence-electron chi connectivity index (χ1n) is 11.5. The maximum atomic E-state index is 13.4. The average Bonchev–Trinajstić information content (AvgIpc) is 2.87. The Bertz CT molecular complexity index is 975. The highest BCUT2D eigenvalue weighted by molar-refractivity contribution is 5.83. The van der Waals surface area contributed by atoms with Crippen molar-refractivity contribution in [2.45, 2.75) is 24.8 Å². The number of hydrogen-bond donors (Lipinski definition) is 0. The number of carbonyl (C=O) groups is 1. The van der Waals surface area contributed by atoms with Gasteiger partial charge in [-0.25, -0.2) is 13.2 Å². The van der Waals surface area contributed by atoms with E-state index in [0.717, 1.165) is 0 Å². The highest BCUT2D eigenvalue weighted by Crippen LogP contribution is 2.36. The molecule has 1 aliphatic rings. The monoisotopic (exact) mass is 557 g/mol. The number of piperazine rings is 1. The van der Waals surface area contributed by atoms with Crippen LogP contribution in [0.25, 0.3) is 0 Å². The molecule has 2 aromatic rings. The van der Waals surface area contributed by atoms with E-state index in [1.165, 1.54) is 11.9 Å². The van der Waals surface area contributed by atoms with Crippen molar-refractivity contribution in [2.75, 3.05) is 53.5 Å². The van der Waals surface area contributed by atoms with Gasteiger partial charge in [0, 0.05) is 39.8 Å². The van der Waals surface area contributed by atoms with Gasteiger partial charge in [-0.1, -0.05) is 30.3 Å². The van der Waals surface area contributed by atoms with E-state index in [0.29, 0.717) is 43.9 Å². The number of nitrogens with zero attached hydrogens (tertiary/aromatic N) is 3.